The lowest BCUT2D eigenvalue weighted by molar-refractivity contribution is -0.149. The van der Waals surface area contributed by atoms with E-state index >= 15 is 0 Å². The number of amides is 1. The summed E-state index contributed by atoms with van der Waals surface area (Å²) >= 11 is 0. The highest BCUT2D eigenvalue weighted by atomic mass is 19.4. The van der Waals surface area contributed by atoms with Crippen molar-refractivity contribution in [2.24, 2.45) is 0 Å². The van der Waals surface area contributed by atoms with Gasteiger partial charge in [-0.15, -0.1) is 0 Å². The number of alkyl halides is 3. The van der Waals surface area contributed by atoms with Crippen LogP contribution in [0.4, 0.5) is 18.0 Å². The molecule has 3 heterocycles. The van der Waals surface area contributed by atoms with Crippen molar-refractivity contribution in [3.63, 3.8) is 0 Å². The van der Waals surface area contributed by atoms with E-state index in [0.717, 1.165) is 0 Å². The van der Waals surface area contributed by atoms with Crippen LogP contribution in [0.3, 0.4) is 0 Å². The topological polar surface area (TPSA) is 41.4 Å². The molecule has 2 atom stereocenters. The van der Waals surface area contributed by atoms with Gasteiger partial charge in [-0.25, -0.2) is 9.78 Å². The molecule has 5 nitrogen and oxygen atoms in total. The lowest BCUT2D eigenvalue weighted by Gasteiger charge is -2.34. The first kappa shape index (κ1) is 12.5. The van der Waals surface area contributed by atoms with Gasteiger partial charge >= 0.3 is 12.2 Å². The fraction of sp³-hybridized carbons (Fsp3) is 0.636. The first-order valence-electron chi connectivity index (χ1n) is 6.04. The van der Waals surface area contributed by atoms with E-state index in [1.807, 2.05) is 0 Å². The molecule has 2 saturated heterocycles. The Bertz CT molecular complexity index is 473. The van der Waals surface area contributed by atoms with Gasteiger partial charge in [0.25, 0.3) is 0 Å². The maximum absolute atomic E-state index is 12.4. The number of hydrogen-bond acceptors (Lipinski definition) is 3. The molecule has 0 aromatic carbocycles. The fourth-order valence-corrected chi connectivity index (χ4v) is 2.93. The van der Waals surface area contributed by atoms with Crippen LogP contribution in [0, 0.1) is 0 Å². The molecule has 104 valence electrons. The second-order valence-electron chi connectivity index (χ2n) is 4.99. The van der Waals surface area contributed by atoms with Crippen LogP contribution in [0.15, 0.2) is 18.7 Å². The van der Waals surface area contributed by atoms with Crippen LogP contribution in [0.1, 0.15) is 6.42 Å². The summed E-state index contributed by atoms with van der Waals surface area (Å²) in [5, 5.41) is 0. The van der Waals surface area contributed by atoms with Gasteiger partial charge < -0.3 is 4.90 Å². The SMILES string of the molecule is O=C(N1C[C@@H]2C[C@H]1CN2CC(F)(F)F)n1ccnc1. The number of likely N-dealkylation sites (tertiary alicyclic amines) is 2. The Morgan fingerprint density at radius 3 is 2.63 bits per heavy atom. The molecule has 19 heavy (non-hydrogen) atoms. The minimum atomic E-state index is -4.18. The number of carbonyl (C=O) groups excluding carboxylic acids is 1. The van der Waals surface area contributed by atoms with Crippen molar-refractivity contribution < 1.29 is 18.0 Å². The van der Waals surface area contributed by atoms with E-state index in [0.29, 0.717) is 19.5 Å². The normalized spacial score (nSPS) is 27.2. The number of imidazole rings is 1. The zero-order valence-corrected chi connectivity index (χ0v) is 10.0. The maximum atomic E-state index is 12.4. The highest BCUT2D eigenvalue weighted by Crippen LogP contribution is 2.33. The van der Waals surface area contributed by atoms with E-state index in [1.54, 1.807) is 11.1 Å². The van der Waals surface area contributed by atoms with E-state index in [9.17, 15) is 18.0 Å². The Morgan fingerprint density at radius 2 is 2.11 bits per heavy atom. The van der Waals surface area contributed by atoms with Crippen LogP contribution in [-0.4, -0.2) is 63.3 Å². The van der Waals surface area contributed by atoms with E-state index in [1.165, 1.54) is 22.0 Å². The van der Waals surface area contributed by atoms with E-state index in [-0.39, 0.29) is 18.1 Å². The summed E-state index contributed by atoms with van der Waals surface area (Å²) in [5.41, 5.74) is 0. The van der Waals surface area contributed by atoms with Gasteiger partial charge in [0.15, 0.2) is 0 Å². The summed E-state index contributed by atoms with van der Waals surface area (Å²) in [5.74, 6) is 0. The van der Waals surface area contributed by atoms with Crippen molar-refractivity contribution in [3.05, 3.63) is 18.7 Å². The van der Waals surface area contributed by atoms with Crippen LogP contribution in [0.2, 0.25) is 0 Å². The van der Waals surface area contributed by atoms with Gasteiger partial charge in [-0.05, 0) is 6.42 Å². The highest BCUT2D eigenvalue weighted by Gasteiger charge is 2.48. The number of carbonyl (C=O) groups is 1. The van der Waals surface area contributed by atoms with Crippen molar-refractivity contribution in [2.75, 3.05) is 19.6 Å². The number of hydrogen-bond donors (Lipinski definition) is 0. The van der Waals surface area contributed by atoms with E-state index < -0.39 is 12.7 Å². The van der Waals surface area contributed by atoms with Crippen molar-refractivity contribution >= 4 is 6.03 Å². The third-order valence-electron chi connectivity index (χ3n) is 3.71. The average molecular weight is 274 g/mol. The van der Waals surface area contributed by atoms with Crippen LogP contribution >= 0.6 is 0 Å². The minimum Gasteiger partial charge on any atom is -0.318 e. The molecular formula is C11H13F3N4O. The Balaban J connectivity index is 1.65. The Morgan fingerprint density at radius 1 is 1.32 bits per heavy atom. The second-order valence-corrected chi connectivity index (χ2v) is 4.99. The monoisotopic (exact) mass is 274 g/mol. The smallest absolute Gasteiger partial charge is 0.318 e. The molecule has 1 aromatic heterocycles. The average Bonchev–Trinajstić information content (AvgIpc) is 3.01. The van der Waals surface area contributed by atoms with E-state index in [2.05, 4.69) is 4.98 Å². The van der Waals surface area contributed by atoms with Crippen molar-refractivity contribution in [2.45, 2.75) is 24.7 Å². The maximum Gasteiger partial charge on any atom is 0.401 e. The number of rotatable bonds is 1. The molecule has 8 heteroatoms. The molecule has 1 aromatic rings. The molecule has 0 saturated carbocycles. The Hall–Kier alpha value is -1.57. The summed E-state index contributed by atoms with van der Waals surface area (Å²) < 4.78 is 38.5. The molecule has 3 rings (SSSR count). The summed E-state index contributed by atoms with van der Waals surface area (Å²) in [6, 6.07) is -0.516. The highest BCUT2D eigenvalue weighted by molar-refractivity contribution is 5.77. The summed E-state index contributed by atoms with van der Waals surface area (Å²) in [7, 11) is 0. The van der Waals surface area contributed by atoms with Crippen LogP contribution in [-0.2, 0) is 0 Å². The Kier molecular flexibility index (Phi) is 2.77. The zero-order valence-electron chi connectivity index (χ0n) is 10.0. The molecule has 2 bridgehead atoms. The fourth-order valence-electron chi connectivity index (χ4n) is 2.93. The van der Waals surface area contributed by atoms with Crippen LogP contribution in [0.5, 0.6) is 0 Å². The molecule has 0 radical (unpaired) electrons. The van der Waals surface area contributed by atoms with Crippen molar-refractivity contribution in [1.29, 1.82) is 0 Å². The van der Waals surface area contributed by atoms with Crippen LogP contribution in [0.25, 0.3) is 0 Å². The van der Waals surface area contributed by atoms with Gasteiger partial charge in [-0.1, -0.05) is 0 Å². The first-order chi connectivity index (χ1) is 8.94. The molecule has 0 N–H and O–H groups in total. The zero-order chi connectivity index (χ0) is 13.6. The predicted molar refractivity (Wildman–Crippen MR) is 59.5 cm³/mol. The number of halogens is 3. The van der Waals surface area contributed by atoms with Crippen molar-refractivity contribution in [3.8, 4) is 0 Å². The molecule has 2 aliphatic rings. The number of aromatic nitrogens is 2. The standard InChI is InChI=1S/C11H13F3N4O/c12-11(13,14)6-17-4-9-3-8(17)5-18(9)10(19)16-2-1-15-7-16/h1-2,7-9H,3-6H2/t8-,9-/m0/s1. The summed E-state index contributed by atoms with van der Waals surface area (Å²) in [4.78, 5) is 19.0. The molecule has 0 aliphatic carbocycles. The number of fused-ring (bicyclic) bond motifs is 2. The lowest BCUT2D eigenvalue weighted by atomic mass is 10.2. The molecular weight excluding hydrogens is 261 g/mol. The van der Waals surface area contributed by atoms with Gasteiger partial charge in [0.2, 0.25) is 0 Å². The second kappa shape index (κ2) is 4.22. The van der Waals surface area contributed by atoms with Crippen molar-refractivity contribution in [1.82, 2.24) is 19.4 Å². The number of piperazine rings is 1. The van der Waals surface area contributed by atoms with Gasteiger partial charge in [-0.3, -0.25) is 9.47 Å². The summed E-state index contributed by atoms with van der Waals surface area (Å²) in [6.45, 7) is -0.232. The van der Waals surface area contributed by atoms with Gasteiger partial charge in [0.05, 0.1) is 6.54 Å². The largest absolute Gasteiger partial charge is 0.401 e. The molecule has 0 unspecified atom stereocenters. The molecule has 1 amide bonds. The molecule has 2 fully saturated rings. The van der Waals surface area contributed by atoms with Gasteiger partial charge in [-0.2, -0.15) is 13.2 Å². The first-order valence-corrected chi connectivity index (χ1v) is 6.04. The van der Waals surface area contributed by atoms with E-state index in [4.69, 9.17) is 0 Å². The lowest BCUT2D eigenvalue weighted by Crippen LogP contribution is -2.51. The third kappa shape index (κ3) is 2.32. The minimum absolute atomic E-state index is 0.123. The number of nitrogens with zero attached hydrogens (tertiary/aromatic N) is 4. The Labute approximate surface area is 107 Å². The van der Waals surface area contributed by atoms with Gasteiger partial charge in [0.1, 0.15) is 6.33 Å². The molecule has 2 aliphatic heterocycles. The predicted octanol–water partition coefficient (Wildman–Crippen LogP) is 1.17. The summed E-state index contributed by atoms with van der Waals surface area (Å²) in [6.07, 6.45) is 0.895. The molecule has 0 spiro atoms. The van der Waals surface area contributed by atoms with Gasteiger partial charge in [0, 0.05) is 37.6 Å². The third-order valence-corrected chi connectivity index (χ3v) is 3.71. The van der Waals surface area contributed by atoms with Crippen LogP contribution < -0.4 is 0 Å². The quantitative estimate of drug-likeness (QED) is 0.772.